The van der Waals surface area contributed by atoms with Crippen molar-refractivity contribution in [2.24, 2.45) is 0 Å². The summed E-state index contributed by atoms with van der Waals surface area (Å²) in [4.78, 5) is 26.9. The molecule has 3 rings (SSSR count). The Morgan fingerprint density at radius 3 is 2.04 bits per heavy atom. The van der Waals surface area contributed by atoms with Crippen molar-refractivity contribution in [3.63, 3.8) is 0 Å². The number of carbonyl (C=O) groups is 2. The lowest BCUT2D eigenvalue weighted by molar-refractivity contribution is -0.127. The molecule has 4 nitrogen and oxygen atoms in total. The second kappa shape index (κ2) is 6.71. The first-order valence-electron chi connectivity index (χ1n) is 7.91. The van der Waals surface area contributed by atoms with E-state index in [1.165, 1.54) is 6.92 Å². The monoisotopic (exact) mass is 321 g/mol. The molecule has 4 heteroatoms. The molecule has 1 aliphatic heterocycles. The summed E-state index contributed by atoms with van der Waals surface area (Å²) in [6.45, 7) is 1.73. The Morgan fingerprint density at radius 1 is 0.958 bits per heavy atom. The molecule has 0 spiro atoms. The minimum Gasteiger partial charge on any atom is -0.512 e. The van der Waals surface area contributed by atoms with Gasteiger partial charge in [-0.3, -0.25) is 9.59 Å². The molecular weight excluding hydrogens is 302 g/mol. The highest BCUT2D eigenvalue weighted by molar-refractivity contribution is 6.26. The van der Waals surface area contributed by atoms with Crippen LogP contribution in [0.3, 0.4) is 0 Å². The van der Waals surface area contributed by atoms with Crippen molar-refractivity contribution >= 4 is 11.7 Å². The van der Waals surface area contributed by atoms with Gasteiger partial charge in [-0.05, 0) is 18.1 Å². The normalized spacial score (nSPS) is 19.7. The van der Waals surface area contributed by atoms with Crippen LogP contribution in [-0.2, 0) is 22.6 Å². The van der Waals surface area contributed by atoms with Gasteiger partial charge in [-0.1, -0.05) is 60.7 Å². The van der Waals surface area contributed by atoms with E-state index in [2.05, 4.69) is 0 Å². The largest absolute Gasteiger partial charge is 0.512 e. The molecular formula is C20H19NO3. The number of hydrogen-bond acceptors (Lipinski definition) is 3. The standard InChI is InChI=1S/C20H19NO3/c1-14(22)18-19(23)17(12-15-8-4-2-5-9-15)21(20(18)24)13-16-10-6-3-7-11-16/h2-11,17,22H,12-13H2,1H3/t17-/m0/s1. The maximum atomic E-state index is 12.7. The molecule has 1 amide bonds. The van der Waals surface area contributed by atoms with Gasteiger partial charge < -0.3 is 10.0 Å². The first kappa shape index (κ1) is 16.0. The molecule has 1 heterocycles. The van der Waals surface area contributed by atoms with Gasteiger partial charge in [-0.2, -0.15) is 0 Å². The zero-order chi connectivity index (χ0) is 17.1. The Hall–Kier alpha value is -2.88. The van der Waals surface area contributed by atoms with Crippen LogP contribution in [-0.4, -0.2) is 27.7 Å². The van der Waals surface area contributed by atoms with Crippen LogP contribution in [0, 0.1) is 0 Å². The molecule has 24 heavy (non-hydrogen) atoms. The number of ketones is 1. The van der Waals surface area contributed by atoms with Crippen molar-refractivity contribution in [3.8, 4) is 0 Å². The summed E-state index contributed by atoms with van der Waals surface area (Å²) < 4.78 is 0. The van der Waals surface area contributed by atoms with Crippen LogP contribution in [0.5, 0.6) is 0 Å². The highest BCUT2D eigenvalue weighted by Crippen LogP contribution is 2.27. The summed E-state index contributed by atoms with van der Waals surface area (Å²) in [5.41, 5.74) is 1.85. The Morgan fingerprint density at radius 2 is 1.50 bits per heavy atom. The van der Waals surface area contributed by atoms with E-state index in [1.54, 1.807) is 4.90 Å². The number of carbonyl (C=O) groups excluding carboxylic acids is 2. The number of rotatable bonds is 4. The van der Waals surface area contributed by atoms with Crippen LogP contribution in [0.15, 0.2) is 72.0 Å². The van der Waals surface area contributed by atoms with E-state index in [0.717, 1.165) is 11.1 Å². The van der Waals surface area contributed by atoms with E-state index in [0.29, 0.717) is 13.0 Å². The summed E-state index contributed by atoms with van der Waals surface area (Å²) in [6.07, 6.45) is 0.440. The third-order valence-corrected chi connectivity index (χ3v) is 4.23. The topological polar surface area (TPSA) is 57.6 Å². The maximum Gasteiger partial charge on any atom is 0.261 e. The zero-order valence-corrected chi connectivity index (χ0v) is 13.5. The van der Waals surface area contributed by atoms with Crippen LogP contribution < -0.4 is 0 Å². The number of benzene rings is 2. The van der Waals surface area contributed by atoms with Crippen LogP contribution in [0.25, 0.3) is 0 Å². The predicted octanol–water partition coefficient (Wildman–Crippen LogP) is 3.04. The fraction of sp³-hybridized carbons (Fsp3) is 0.200. The van der Waals surface area contributed by atoms with E-state index < -0.39 is 11.9 Å². The van der Waals surface area contributed by atoms with E-state index in [9.17, 15) is 14.7 Å². The van der Waals surface area contributed by atoms with Crippen molar-refractivity contribution in [1.29, 1.82) is 0 Å². The van der Waals surface area contributed by atoms with Crippen molar-refractivity contribution in [2.45, 2.75) is 25.9 Å². The Balaban J connectivity index is 1.94. The average molecular weight is 321 g/mol. The van der Waals surface area contributed by atoms with Gasteiger partial charge in [0.15, 0.2) is 5.78 Å². The number of amides is 1. The average Bonchev–Trinajstić information content (AvgIpc) is 2.81. The molecule has 1 atom stereocenters. The number of allylic oxidation sites excluding steroid dienone is 1. The van der Waals surface area contributed by atoms with Gasteiger partial charge in [0.05, 0.1) is 0 Å². The smallest absolute Gasteiger partial charge is 0.261 e. The Kier molecular flexibility index (Phi) is 4.47. The summed E-state index contributed by atoms with van der Waals surface area (Å²) in [5, 5.41) is 9.77. The van der Waals surface area contributed by atoms with Crippen molar-refractivity contribution < 1.29 is 14.7 Å². The summed E-state index contributed by atoms with van der Waals surface area (Å²) in [5.74, 6) is -0.914. The molecule has 1 N–H and O–H groups in total. The van der Waals surface area contributed by atoms with Gasteiger partial charge in [0.25, 0.3) is 5.91 Å². The van der Waals surface area contributed by atoms with Gasteiger partial charge >= 0.3 is 0 Å². The van der Waals surface area contributed by atoms with Gasteiger partial charge in [0.2, 0.25) is 0 Å². The van der Waals surface area contributed by atoms with Crippen molar-refractivity contribution in [3.05, 3.63) is 83.1 Å². The molecule has 2 aromatic rings. The lowest BCUT2D eigenvalue weighted by Gasteiger charge is -2.23. The summed E-state index contributed by atoms with van der Waals surface area (Å²) in [6, 6.07) is 18.6. The zero-order valence-electron chi connectivity index (χ0n) is 13.5. The van der Waals surface area contributed by atoms with Crippen molar-refractivity contribution in [1.82, 2.24) is 4.90 Å². The van der Waals surface area contributed by atoms with Crippen molar-refractivity contribution in [2.75, 3.05) is 0 Å². The van der Waals surface area contributed by atoms with E-state index in [1.807, 2.05) is 60.7 Å². The van der Waals surface area contributed by atoms with Gasteiger partial charge in [0.1, 0.15) is 17.4 Å². The van der Waals surface area contributed by atoms with E-state index >= 15 is 0 Å². The molecule has 0 unspecified atom stereocenters. The number of aliphatic hydroxyl groups excluding tert-OH is 1. The second-order valence-electron chi connectivity index (χ2n) is 5.95. The Bertz CT molecular complexity index is 716. The molecule has 1 fully saturated rings. The third-order valence-electron chi connectivity index (χ3n) is 4.23. The SMILES string of the molecule is CC(O)=C1C(=O)[C@H](Cc2ccccc2)N(Cc2ccccc2)C1=O. The summed E-state index contributed by atoms with van der Waals surface area (Å²) >= 11 is 0. The van der Waals surface area contributed by atoms with Gasteiger partial charge in [-0.25, -0.2) is 0 Å². The third kappa shape index (κ3) is 3.08. The minimum atomic E-state index is -0.586. The molecule has 0 aromatic heterocycles. The van der Waals surface area contributed by atoms with Crippen LogP contribution in [0.1, 0.15) is 18.1 Å². The molecule has 2 aromatic carbocycles. The number of hydrogen-bond donors (Lipinski definition) is 1. The number of nitrogens with zero attached hydrogens (tertiary/aromatic N) is 1. The Labute approximate surface area is 141 Å². The minimum absolute atomic E-state index is 0.0909. The first-order valence-corrected chi connectivity index (χ1v) is 7.91. The lowest BCUT2D eigenvalue weighted by Crippen LogP contribution is -2.36. The number of Topliss-reactive ketones (excluding diaryl/α,β-unsaturated/α-hetero) is 1. The molecule has 122 valence electrons. The van der Waals surface area contributed by atoms with Crippen LogP contribution in [0.4, 0.5) is 0 Å². The fourth-order valence-electron chi connectivity index (χ4n) is 3.03. The highest BCUT2D eigenvalue weighted by atomic mass is 16.3. The molecule has 0 radical (unpaired) electrons. The molecule has 0 bridgehead atoms. The molecule has 1 saturated heterocycles. The van der Waals surface area contributed by atoms with E-state index in [-0.39, 0.29) is 17.1 Å². The summed E-state index contributed by atoms with van der Waals surface area (Å²) in [7, 11) is 0. The predicted molar refractivity (Wildman–Crippen MR) is 91.3 cm³/mol. The number of aliphatic hydroxyl groups is 1. The maximum absolute atomic E-state index is 12.7. The van der Waals surface area contributed by atoms with Crippen LogP contribution in [0.2, 0.25) is 0 Å². The van der Waals surface area contributed by atoms with Gasteiger partial charge in [-0.15, -0.1) is 0 Å². The highest BCUT2D eigenvalue weighted by Gasteiger charge is 2.44. The molecule has 0 saturated carbocycles. The lowest BCUT2D eigenvalue weighted by atomic mass is 10.0. The quantitative estimate of drug-likeness (QED) is 0.535. The van der Waals surface area contributed by atoms with Gasteiger partial charge in [0, 0.05) is 13.0 Å². The van der Waals surface area contributed by atoms with Crippen LogP contribution >= 0.6 is 0 Å². The first-order chi connectivity index (χ1) is 11.6. The molecule has 1 aliphatic rings. The van der Waals surface area contributed by atoms with E-state index in [4.69, 9.17) is 0 Å². The molecule has 0 aliphatic carbocycles. The number of likely N-dealkylation sites (tertiary alicyclic amines) is 1. The second-order valence-corrected chi connectivity index (χ2v) is 5.95. The fourth-order valence-corrected chi connectivity index (χ4v) is 3.03.